The minimum absolute atomic E-state index is 0.146. The molecule has 3 N–H and O–H groups in total. The van der Waals surface area contributed by atoms with E-state index in [1.54, 1.807) is 12.1 Å². The van der Waals surface area contributed by atoms with E-state index in [2.05, 4.69) is 25.8 Å². The van der Waals surface area contributed by atoms with E-state index < -0.39 is 17.3 Å². The zero-order valence-electron chi connectivity index (χ0n) is 15.3. The Kier molecular flexibility index (Phi) is 4.89. The molecule has 7 nitrogen and oxygen atoms in total. The molecule has 2 aromatic heterocycles. The highest BCUT2D eigenvalue weighted by atomic mass is 19.1. The van der Waals surface area contributed by atoms with Crippen LogP contribution in [0.5, 0.6) is 0 Å². The lowest BCUT2D eigenvalue weighted by Crippen LogP contribution is -2.40. The summed E-state index contributed by atoms with van der Waals surface area (Å²) in [6.45, 7) is 5.59. The number of aromatic amines is 1. The molecule has 0 spiro atoms. The highest BCUT2D eigenvalue weighted by Gasteiger charge is 2.17. The van der Waals surface area contributed by atoms with Gasteiger partial charge in [-0.15, -0.1) is 0 Å². The molecule has 27 heavy (non-hydrogen) atoms. The van der Waals surface area contributed by atoms with E-state index in [4.69, 9.17) is 0 Å². The second-order valence-corrected chi connectivity index (χ2v) is 7.26. The van der Waals surface area contributed by atoms with Crippen LogP contribution in [0.1, 0.15) is 36.8 Å². The van der Waals surface area contributed by atoms with Gasteiger partial charge in [0, 0.05) is 22.8 Å². The first kappa shape index (κ1) is 18.5. The third kappa shape index (κ3) is 4.66. The third-order valence-corrected chi connectivity index (χ3v) is 3.72. The fourth-order valence-corrected chi connectivity index (χ4v) is 2.56. The molecule has 0 aliphatic heterocycles. The maximum atomic E-state index is 14.1. The molecular weight excluding hydrogens is 349 g/mol. The van der Waals surface area contributed by atoms with Gasteiger partial charge in [0.2, 0.25) is 5.91 Å². The van der Waals surface area contributed by atoms with E-state index >= 15 is 0 Å². The van der Waals surface area contributed by atoms with Crippen LogP contribution in [0.4, 0.5) is 10.1 Å². The molecule has 0 saturated heterocycles. The number of fused-ring (bicyclic) bond motifs is 1. The molecule has 0 saturated carbocycles. The first-order valence-corrected chi connectivity index (χ1v) is 8.41. The Labute approximate surface area is 155 Å². The van der Waals surface area contributed by atoms with Crippen LogP contribution < -0.4 is 10.6 Å². The van der Waals surface area contributed by atoms with Crippen molar-refractivity contribution in [3.8, 4) is 0 Å². The smallest absolute Gasteiger partial charge is 0.270 e. The van der Waals surface area contributed by atoms with Crippen LogP contribution in [-0.2, 0) is 11.2 Å². The van der Waals surface area contributed by atoms with Gasteiger partial charge in [0.25, 0.3) is 5.91 Å². The molecular formula is C19H20FN5O2. The number of halogens is 1. The molecule has 2 amide bonds. The Bertz CT molecular complexity index is 1010. The van der Waals surface area contributed by atoms with Crippen molar-refractivity contribution in [3.05, 3.63) is 53.7 Å². The van der Waals surface area contributed by atoms with Crippen LogP contribution in [0, 0.1) is 5.82 Å². The molecule has 1 aromatic carbocycles. The first-order chi connectivity index (χ1) is 12.7. The van der Waals surface area contributed by atoms with Gasteiger partial charge in [-0.05, 0) is 50.6 Å². The van der Waals surface area contributed by atoms with E-state index in [1.165, 1.54) is 24.5 Å². The van der Waals surface area contributed by atoms with E-state index in [9.17, 15) is 14.0 Å². The van der Waals surface area contributed by atoms with Gasteiger partial charge in [-0.3, -0.25) is 19.7 Å². The number of pyridine rings is 1. The lowest BCUT2D eigenvalue weighted by molar-refractivity contribution is -0.115. The second-order valence-electron chi connectivity index (χ2n) is 7.26. The van der Waals surface area contributed by atoms with E-state index in [0.29, 0.717) is 16.6 Å². The van der Waals surface area contributed by atoms with Crippen LogP contribution in [0.3, 0.4) is 0 Å². The van der Waals surface area contributed by atoms with Gasteiger partial charge in [-0.2, -0.15) is 5.10 Å². The van der Waals surface area contributed by atoms with Crippen molar-refractivity contribution < 1.29 is 14.0 Å². The van der Waals surface area contributed by atoms with Crippen molar-refractivity contribution >= 4 is 28.4 Å². The molecule has 0 atom stereocenters. The minimum Gasteiger partial charge on any atom is -0.346 e. The molecule has 0 radical (unpaired) electrons. The maximum Gasteiger partial charge on any atom is 0.270 e. The van der Waals surface area contributed by atoms with Gasteiger partial charge >= 0.3 is 0 Å². The lowest BCUT2D eigenvalue weighted by atomic mass is 10.1. The van der Waals surface area contributed by atoms with Crippen molar-refractivity contribution in [3.63, 3.8) is 0 Å². The van der Waals surface area contributed by atoms with Crippen LogP contribution in [-0.4, -0.2) is 32.5 Å². The zero-order valence-corrected chi connectivity index (χ0v) is 15.3. The summed E-state index contributed by atoms with van der Waals surface area (Å²) in [5.41, 5.74) is 1.11. The highest BCUT2D eigenvalue weighted by molar-refractivity contribution is 5.96. The maximum absolute atomic E-state index is 14.1. The van der Waals surface area contributed by atoms with Crippen LogP contribution in [0.25, 0.3) is 10.9 Å². The number of rotatable bonds is 4. The third-order valence-electron chi connectivity index (χ3n) is 3.72. The summed E-state index contributed by atoms with van der Waals surface area (Å²) in [4.78, 5) is 28.5. The van der Waals surface area contributed by atoms with E-state index in [0.717, 1.165) is 0 Å². The molecule has 2 heterocycles. The minimum atomic E-state index is -0.473. The molecule has 0 bridgehead atoms. The van der Waals surface area contributed by atoms with Crippen molar-refractivity contribution in [2.75, 3.05) is 5.32 Å². The van der Waals surface area contributed by atoms with Crippen LogP contribution in [0.2, 0.25) is 0 Å². The summed E-state index contributed by atoms with van der Waals surface area (Å²) in [5, 5.41) is 12.7. The quantitative estimate of drug-likeness (QED) is 0.658. The number of H-pyrrole nitrogens is 1. The standard InChI is InChI=1S/C19H20FN5O2/c1-19(2,3)24-18(27)16-9-13(4-5-21-16)23-17(26)8-11-7-15-12(6-14(11)20)10-22-25-15/h4-7,9-10H,8H2,1-3H3,(H,22,25)(H,24,27)(H,21,23,26). The summed E-state index contributed by atoms with van der Waals surface area (Å²) < 4.78 is 14.1. The van der Waals surface area contributed by atoms with Gasteiger partial charge in [-0.25, -0.2) is 4.39 Å². The average molecular weight is 369 g/mol. The molecule has 0 aliphatic rings. The molecule has 0 fully saturated rings. The summed E-state index contributed by atoms with van der Waals surface area (Å²) in [7, 11) is 0. The molecule has 0 aliphatic carbocycles. The molecule has 3 aromatic rings. The van der Waals surface area contributed by atoms with Gasteiger partial charge < -0.3 is 10.6 Å². The van der Waals surface area contributed by atoms with Crippen molar-refractivity contribution in [1.29, 1.82) is 0 Å². The number of nitrogens with zero attached hydrogens (tertiary/aromatic N) is 2. The summed E-state index contributed by atoms with van der Waals surface area (Å²) in [5.74, 6) is -1.21. The number of carbonyl (C=O) groups is 2. The van der Waals surface area contributed by atoms with Crippen LogP contribution >= 0.6 is 0 Å². The highest BCUT2D eigenvalue weighted by Crippen LogP contribution is 2.18. The van der Waals surface area contributed by atoms with E-state index in [-0.39, 0.29) is 23.6 Å². The molecule has 0 unspecified atom stereocenters. The first-order valence-electron chi connectivity index (χ1n) is 8.41. The number of carbonyl (C=O) groups excluding carboxylic acids is 2. The molecule has 3 rings (SSSR count). The Hall–Kier alpha value is -3.29. The predicted octanol–water partition coefficient (Wildman–Crippen LogP) is 2.81. The number of hydrogen-bond acceptors (Lipinski definition) is 4. The zero-order chi connectivity index (χ0) is 19.6. The van der Waals surface area contributed by atoms with E-state index in [1.807, 2.05) is 20.8 Å². The Morgan fingerprint density at radius 3 is 2.74 bits per heavy atom. The topological polar surface area (TPSA) is 99.8 Å². The summed E-state index contributed by atoms with van der Waals surface area (Å²) >= 11 is 0. The normalized spacial score (nSPS) is 11.4. The predicted molar refractivity (Wildman–Crippen MR) is 99.8 cm³/mol. The average Bonchev–Trinajstić information content (AvgIpc) is 3.01. The van der Waals surface area contributed by atoms with Gasteiger partial charge in [0.1, 0.15) is 11.5 Å². The Morgan fingerprint density at radius 2 is 2.00 bits per heavy atom. The number of anilines is 1. The number of hydrogen-bond donors (Lipinski definition) is 3. The van der Waals surface area contributed by atoms with Crippen molar-refractivity contribution in [2.45, 2.75) is 32.7 Å². The summed E-state index contributed by atoms with van der Waals surface area (Å²) in [6.07, 6.45) is 2.81. The Balaban J connectivity index is 1.71. The fourth-order valence-electron chi connectivity index (χ4n) is 2.56. The molecule has 8 heteroatoms. The largest absolute Gasteiger partial charge is 0.346 e. The van der Waals surface area contributed by atoms with Crippen molar-refractivity contribution in [1.82, 2.24) is 20.5 Å². The van der Waals surface area contributed by atoms with Crippen LogP contribution in [0.15, 0.2) is 36.7 Å². The van der Waals surface area contributed by atoms with Gasteiger partial charge in [0.15, 0.2) is 0 Å². The van der Waals surface area contributed by atoms with Gasteiger partial charge in [0.05, 0.1) is 18.1 Å². The number of aromatic nitrogens is 3. The number of amides is 2. The monoisotopic (exact) mass is 369 g/mol. The van der Waals surface area contributed by atoms with Crippen molar-refractivity contribution in [2.24, 2.45) is 0 Å². The van der Waals surface area contributed by atoms with Gasteiger partial charge in [-0.1, -0.05) is 0 Å². The number of benzene rings is 1. The fraction of sp³-hybridized carbons (Fsp3) is 0.263. The summed E-state index contributed by atoms with van der Waals surface area (Å²) in [6, 6.07) is 5.95. The number of nitrogens with one attached hydrogen (secondary N) is 3. The SMILES string of the molecule is CC(C)(C)NC(=O)c1cc(NC(=O)Cc2cc3[nH]ncc3cc2F)ccn1. The Morgan fingerprint density at radius 1 is 1.22 bits per heavy atom. The molecule has 140 valence electrons. The lowest BCUT2D eigenvalue weighted by Gasteiger charge is -2.20. The second kappa shape index (κ2) is 7.14.